The predicted octanol–water partition coefficient (Wildman–Crippen LogP) is 8.02. The van der Waals surface area contributed by atoms with Crippen molar-refractivity contribution in [2.45, 2.75) is 6.92 Å². The van der Waals surface area contributed by atoms with Crippen LogP contribution in [0.3, 0.4) is 0 Å². The van der Waals surface area contributed by atoms with Crippen molar-refractivity contribution >= 4 is 52.0 Å². The molecule has 0 spiro atoms. The van der Waals surface area contributed by atoms with Gasteiger partial charge in [0.05, 0.1) is 0 Å². The standard InChI is InChI=1S/C27H18Cl2N2O3/c1-16-6-7-17(27-31-22-4-2-3-5-25(22)34-27)14-23(16)30-26(32)11-9-21-8-10-24(33-21)18-12-19(28)15-20(29)13-18/h2-15H,1H3,(H,30,32)/b11-9+. The van der Waals surface area contributed by atoms with Crippen LogP contribution < -0.4 is 5.32 Å². The molecule has 0 radical (unpaired) electrons. The molecule has 168 valence electrons. The average molecular weight is 489 g/mol. The summed E-state index contributed by atoms with van der Waals surface area (Å²) in [5.41, 5.74) is 4.61. The Morgan fingerprint density at radius 3 is 2.50 bits per heavy atom. The molecule has 5 aromatic rings. The molecule has 1 amide bonds. The van der Waals surface area contributed by atoms with Gasteiger partial charge in [0.25, 0.3) is 0 Å². The predicted molar refractivity (Wildman–Crippen MR) is 136 cm³/mol. The molecule has 0 atom stereocenters. The summed E-state index contributed by atoms with van der Waals surface area (Å²) in [6.45, 7) is 1.92. The summed E-state index contributed by atoms with van der Waals surface area (Å²) in [6, 6.07) is 22.0. The van der Waals surface area contributed by atoms with Crippen LogP contribution in [-0.4, -0.2) is 10.9 Å². The Morgan fingerprint density at radius 1 is 0.912 bits per heavy atom. The van der Waals surface area contributed by atoms with Crippen LogP contribution in [-0.2, 0) is 4.79 Å². The first-order valence-corrected chi connectivity index (χ1v) is 11.2. The zero-order chi connectivity index (χ0) is 23.7. The van der Waals surface area contributed by atoms with E-state index in [4.69, 9.17) is 32.0 Å². The molecule has 1 N–H and O–H groups in total. The summed E-state index contributed by atoms with van der Waals surface area (Å²) < 4.78 is 11.7. The van der Waals surface area contributed by atoms with E-state index in [0.717, 1.165) is 22.2 Å². The third-order valence-corrected chi connectivity index (χ3v) is 5.65. The van der Waals surface area contributed by atoms with E-state index in [1.54, 1.807) is 36.4 Å². The van der Waals surface area contributed by atoms with E-state index in [1.807, 2.05) is 49.4 Å². The number of rotatable bonds is 5. The minimum Gasteiger partial charge on any atom is -0.457 e. The molecule has 34 heavy (non-hydrogen) atoms. The number of halogens is 2. The van der Waals surface area contributed by atoms with E-state index in [1.165, 1.54) is 6.08 Å². The van der Waals surface area contributed by atoms with Crippen molar-refractivity contribution in [3.63, 3.8) is 0 Å². The first-order valence-electron chi connectivity index (χ1n) is 10.5. The lowest BCUT2D eigenvalue weighted by Gasteiger charge is -2.07. The number of oxazole rings is 1. The van der Waals surface area contributed by atoms with Crippen molar-refractivity contribution in [1.82, 2.24) is 4.98 Å². The maximum absolute atomic E-state index is 12.6. The molecule has 2 heterocycles. The van der Waals surface area contributed by atoms with E-state index in [2.05, 4.69) is 10.3 Å². The normalized spacial score (nSPS) is 11.4. The molecule has 5 rings (SSSR count). The van der Waals surface area contributed by atoms with Gasteiger partial charge in [-0.1, -0.05) is 41.4 Å². The first kappa shape index (κ1) is 22.0. The van der Waals surface area contributed by atoms with Crippen LogP contribution in [0.2, 0.25) is 10.0 Å². The highest BCUT2D eigenvalue weighted by atomic mass is 35.5. The number of furan rings is 1. The van der Waals surface area contributed by atoms with Gasteiger partial charge in [0.1, 0.15) is 17.0 Å². The lowest BCUT2D eigenvalue weighted by atomic mass is 10.1. The molecule has 0 aliphatic carbocycles. The van der Waals surface area contributed by atoms with Gasteiger partial charge in [0, 0.05) is 32.9 Å². The number of fused-ring (bicyclic) bond motifs is 1. The summed E-state index contributed by atoms with van der Waals surface area (Å²) in [4.78, 5) is 17.1. The Morgan fingerprint density at radius 2 is 1.71 bits per heavy atom. The van der Waals surface area contributed by atoms with Crippen LogP contribution in [0.4, 0.5) is 5.69 Å². The summed E-state index contributed by atoms with van der Waals surface area (Å²) >= 11 is 12.1. The molecule has 2 aromatic heterocycles. The van der Waals surface area contributed by atoms with Gasteiger partial charge in [0.15, 0.2) is 5.58 Å². The number of benzene rings is 3. The maximum atomic E-state index is 12.6. The molecule has 7 heteroatoms. The first-order chi connectivity index (χ1) is 16.4. The van der Waals surface area contributed by atoms with Gasteiger partial charge in [-0.05, 0) is 73.2 Å². The minimum absolute atomic E-state index is 0.290. The number of anilines is 1. The van der Waals surface area contributed by atoms with E-state index in [0.29, 0.717) is 38.7 Å². The fourth-order valence-corrected chi connectivity index (χ4v) is 4.04. The quantitative estimate of drug-likeness (QED) is 0.254. The molecular formula is C27H18Cl2N2O3. The Balaban J connectivity index is 1.32. The topological polar surface area (TPSA) is 68.3 Å². The lowest BCUT2D eigenvalue weighted by Crippen LogP contribution is -2.09. The van der Waals surface area contributed by atoms with Crippen LogP contribution in [0.1, 0.15) is 11.3 Å². The zero-order valence-electron chi connectivity index (χ0n) is 18.0. The molecule has 0 fully saturated rings. The van der Waals surface area contributed by atoms with Crippen LogP contribution >= 0.6 is 23.2 Å². The number of para-hydroxylation sites is 2. The highest BCUT2D eigenvalue weighted by Crippen LogP contribution is 2.30. The highest BCUT2D eigenvalue weighted by molar-refractivity contribution is 6.35. The Labute approximate surface area is 205 Å². The zero-order valence-corrected chi connectivity index (χ0v) is 19.5. The van der Waals surface area contributed by atoms with Gasteiger partial charge < -0.3 is 14.2 Å². The molecular weight excluding hydrogens is 471 g/mol. The summed E-state index contributed by atoms with van der Waals surface area (Å²) in [6.07, 6.45) is 3.02. The molecule has 5 nitrogen and oxygen atoms in total. The Hall–Kier alpha value is -3.80. The van der Waals surface area contributed by atoms with Gasteiger partial charge in [-0.2, -0.15) is 0 Å². The third kappa shape index (κ3) is 4.76. The Kier molecular flexibility index (Phi) is 5.97. The molecule has 0 aliphatic heterocycles. The van der Waals surface area contributed by atoms with E-state index in [-0.39, 0.29) is 5.91 Å². The number of amides is 1. The second-order valence-corrected chi connectivity index (χ2v) is 8.57. The summed E-state index contributed by atoms with van der Waals surface area (Å²) in [7, 11) is 0. The van der Waals surface area contributed by atoms with Gasteiger partial charge >= 0.3 is 0 Å². The summed E-state index contributed by atoms with van der Waals surface area (Å²) in [5, 5.41) is 3.94. The van der Waals surface area contributed by atoms with Gasteiger partial charge in [-0.25, -0.2) is 4.98 Å². The lowest BCUT2D eigenvalue weighted by molar-refractivity contribution is -0.111. The van der Waals surface area contributed by atoms with E-state index < -0.39 is 0 Å². The average Bonchev–Trinajstić information content (AvgIpc) is 3.46. The number of carbonyl (C=O) groups is 1. The minimum atomic E-state index is -0.290. The fourth-order valence-electron chi connectivity index (χ4n) is 3.51. The monoisotopic (exact) mass is 488 g/mol. The highest BCUT2D eigenvalue weighted by Gasteiger charge is 2.11. The number of nitrogens with one attached hydrogen (secondary N) is 1. The van der Waals surface area contributed by atoms with Crippen molar-refractivity contribution in [3.05, 3.63) is 100 Å². The molecule has 0 saturated carbocycles. The van der Waals surface area contributed by atoms with Crippen molar-refractivity contribution in [1.29, 1.82) is 0 Å². The molecule has 0 bridgehead atoms. The van der Waals surface area contributed by atoms with Crippen LogP contribution in [0.15, 0.2) is 87.7 Å². The maximum Gasteiger partial charge on any atom is 0.248 e. The number of hydrogen-bond donors (Lipinski definition) is 1. The molecule has 0 aliphatic rings. The number of aromatic nitrogens is 1. The smallest absolute Gasteiger partial charge is 0.248 e. The fraction of sp³-hybridized carbons (Fsp3) is 0.0370. The van der Waals surface area contributed by atoms with Crippen molar-refractivity contribution in [2.24, 2.45) is 0 Å². The molecule has 3 aromatic carbocycles. The van der Waals surface area contributed by atoms with E-state index in [9.17, 15) is 4.79 Å². The van der Waals surface area contributed by atoms with Gasteiger partial charge in [0.2, 0.25) is 11.8 Å². The number of nitrogens with zero attached hydrogens (tertiary/aromatic N) is 1. The number of hydrogen-bond acceptors (Lipinski definition) is 4. The third-order valence-electron chi connectivity index (χ3n) is 5.21. The van der Waals surface area contributed by atoms with Crippen molar-refractivity contribution in [3.8, 4) is 22.8 Å². The van der Waals surface area contributed by atoms with Crippen LogP contribution in [0, 0.1) is 6.92 Å². The van der Waals surface area contributed by atoms with Crippen LogP contribution in [0.25, 0.3) is 40.0 Å². The van der Waals surface area contributed by atoms with Gasteiger partial charge in [-0.15, -0.1) is 0 Å². The SMILES string of the molecule is Cc1ccc(-c2nc3ccccc3o2)cc1NC(=O)/C=C/c1ccc(-c2cc(Cl)cc(Cl)c2)o1. The second kappa shape index (κ2) is 9.21. The van der Waals surface area contributed by atoms with Crippen molar-refractivity contribution in [2.75, 3.05) is 5.32 Å². The second-order valence-electron chi connectivity index (χ2n) is 7.70. The van der Waals surface area contributed by atoms with Crippen LogP contribution in [0.5, 0.6) is 0 Å². The van der Waals surface area contributed by atoms with Gasteiger partial charge in [-0.3, -0.25) is 4.79 Å². The molecule has 0 unspecified atom stereocenters. The summed E-state index contributed by atoms with van der Waals surface area (Å²) in [5.74, 6) is 1.34. The molecule has 0 saturated heterocycles. The number of aryl methyl sites for hydroxylation is 1. The van der Waals surface area contributed by atoms with E-state index >= 15 is 0 Å². The van der Waals surface area contributed by atoms with Crippen molar-refractivity contribution < 1.29 is 13.6 Å². The largest absolute Gasteiger partial charge is 0.457 e. The Bertz CT molecular complexity index is 1500. The number of carbonyl (C=O) groups excluding carboxylic acids is 1.